The molecule has 1 aliphatic heterocycles. The van der Waals surface area contributed by atoms with Gasteiger partial charge >= 0.3 is 0 Å². The first-order chi connectivity index (χ1) is 33.4. The highest BCUT2D eigenvalue weighted by atomic mass is 32.1. The van der Waals surface area contributed by atoms with Crippen LogP contribution < -0.4 is 10.6 Å². The van der Waals surface area contributed by atoms with Crippen molar-refractivity contribution in [1.29, 1.82) is 0 Å². The number of nitrogens with one attached hydrogen (secondary N) is 2. The molecule has 3 fully saturated rings. The number of rotatable bonds is 6. The summed E-state index contributed by atoms with van der Waals surface area (Å²) in [5.41, 5.74) is 6.43. The predicted molar refractivity (Wildman–Crippen MR) is 265 cm³/mol. The van der Waals surface area contributed by atoms with Crippen molar-refractivity contribution in [1.82, 2.24) is 9.97 Å². The minimum atomic E-state index is -0.679. The Morgan fingerprint density at radius 3 is 1.55 bits per heavy atom. The molecule has 6 unspecified atom stereocenters. The van der Waals surface area contributed by atoms with Gasteiger partial charge in [0.05, 0.1) is 35.4 Å². The lowest BCUT2D eigenvalue weighted by atomic mass is 9.52. The van der Waals surface area contributed by atoms with E-state index in [1.54, 1.807) is 24.3 Å². The van der Waals surface area contributed by atoms with E-state index in [1.165, 1.54) is 45.9 Å². The fraction of sp³-hybridized carbons (Fsp3) is 0.268. The topological polar surface area (TPSA) is 120 Å². The van der Waals surface area contributed by atoms with Gasteiger partial charge in [0.15, 0.2) is 16.1 Å². The van der Waals surface area contributed by atoms with Crippen LogP contribution in [0.2, 0.25) is 0 Å². The van der Waals surface area contributed by atoms with Crippen LogP contribution in [0.4, 0.5) is 19.0 Å². The highest BCUT2D eigenvalue weighted by Gasteiger charge is 2.63. The number of thiazole rings is 2. The molecule has 69 heavy (non-hydrogen) atoms. The summed E-state index contributed by atoms with van der Waals surface area (Å²) < 4.78 is 40.9. The monoisotopic (exact) mass is 956 g/mol. The highest BCUT2D eigenvalue weighted by Crippen LogP contribution is 2.64. The Morgan fingerprint density at radius 2 is 1.01 bits per heavy atom. The van der Waals surface area contributed by atoms with Gasteiger partial charge in [-0.25, -0.2) is 18.7 Å². The van der Waals surface area contributed by atoms with Gasteiger partial charge in [-0.1, -0.05) is 111 Å². The van der Waals surface area contributed by atoms with Crippen LogP contribution in [0.15, 0.2) is 132 Å². The third-order valence-corrected chi connectivity index (χ3v) is 17.2. The molecule has 2 amide bonds. The van der Waals surface area contributed by atoms with Crippen LogP contribution >= 0.6 is 22.7 Å². The normalized spacial score (nSPS) is 24.7. The van der Waals surface area contributed by atoms with Gasteiger partial charge in [-0.2, -0.15) is 0 Å². The summed E-state index contributed by atoms with van der Waals surface area (Å²) in [6.07, 6.45) is 2.24. The fourth-order valence-electron chi connectivity index (χ4n) is 12.1. The van der Waals surface area contributed by atoms with Crippen molar-refractivity contribution >= 4 is 72.1 Å². The number of halogens is 2. The molecule has 2 aromatic heterocycles. The van der Waals surface area contributed by atoms with Crippen LogP contribution in [-0.4, -0.2) is 46.6 Å². The number of carbonyl (C=O) groups excluding carboxylic acids is 3. The number of ether oxygens (including phenoxy) is 2. The van der Waals surface area contributed by atoms with Crippen molar-refractivity contribution in [3.05, 3.63) is 166 Å². The van der Waals surface area contributed by atoms with Gasteiger partial charge in [0, 0.05) is 69.2 Å². The Hall–Kier alpha value is -6.51. The van der Waals surface area contributed by atoms with Crippen molar-refractivity contribution < 1.29 is 32.6 Å². The smallest absolute Gasteiger partial charge is 0.232 e. The van der Waals surface area contributed by atoms with Gasteiger partial charge in [-0.05, 0) is 70.1 Å². The highest BCUT2D eigenvalue weighted by molar-refractivity contribution is 7.14. The van der Waals surface area contributed by atoms with E-state index in [-0.39, 0.29) is 52.9 Å². The summed E-state index contributed by atoms with van der Waals surface area (Å²) in [6, 6.07) is 37.5. The lowest BCUT2D eigenvalue weighted by Crippen LogP contribution is -2.56. The number of amides is 2. The van der Waals surface area contributed by atoms with Crippen LogP contribution in [0.5, 0.6) is 0 Å². The molecule has 6 aromatic carbocycles. The lowest BCUT2D eigenvalue weighted by molar-refractivity contribution is -0.216. The number of Topliss-reactive ketones (excluding diaryl/α,β-unsaturated/α-hetero) is 1. The minimum Gasteiger partial charge on any atom is -0.347 e. The number of fused-ring (bicyclic) bond motifs is 5. The second-order valence-corrected chi connectivity index (χ2v) is 21.1. The Morgan fingerprint density at radius 1 is 0.565 bits per heavy atom. The minimum absolute atomic E-state index is 0.00869. The number of benzene rings is 6. The van der Waals surface area contributed by atoms with Crippen molar-refractivity contribution in [2.45, 2.75) is 69.0 Å². The molecule has 346 valence electrons. The van der Waals surface area contributed by atoms with Crippen LogP contribution in [0.1, 0.15) is 85.5 Å². The average molecular weight is 957 g/mol. The van der Waals surface area contributed by atoms with Gasteiger partial charge in [0.2, 0.25) is 11.8 Å². The number of hydrogen-bond acceptors (Lipinski definition) is 9. The number of anilines is 2. The van der Waals surface area contributed by atoms with Gasteiger partial charge in [-0.3, -0.25) is 14.4 Å². The fourth-order valence-corrected chi connectivity index (χ4v) is 13.5. The maximum atomic E-state index is 14.3. The summed E-state index contributed by atoms with van der Waals surface area (Å²) in [7, 11) is 0. The molecule has 4 bridgehead atoms. The quantitative estimate of drug-likeness (QED) is 0.170. The largest absolute Gasteiger partial charge is 0.347 e. The zero-order valence-corrected chi connectivity index (χ0v) is 39.4. The second-order valence-electron chi connectivity index (χ2n) is 19.4. The van der Waals surface area contributed by atoms with Crippen molar-refractivity contribution in [3.8, 4) is 22.5 Å². The lowest BCUT2D eigenvalue weighted by Gasteiger charge is -2.56. The van der Waals surface area contributed by atoms with Crippen molar-refractivity contribution in [2.75, 3.05) is 23.8 Å². The van der Waals surface area contributed by atoms with E-state index in [0.717, 1.165) is 38.7 Å². The molecule has 1 spiro atoms. The maximum Gasteiger partial charge on any atom is 0.232 e. The summed E-state index contributed by atoms with van der Waals surface area (Å²) in [5, 5.41) is 13.7. The number of aromatic nitrogens is 2. The molecule has 15 rings (SSSR count). The third kappa shape index (κ3) is 7.07. The molecular formula is C56H46F2N4O5S2. The summed E-state index contributed by atoms with van der Waals surface area (Å²) in [6.45, 7) is 5.20. The molecule has 8 aromatic rings. The van der Waals surface area contributed by atoms with Gasteiger partial charge in [-0.15, -0.1) is 22.7 Å². The molecule has 6 aliphatic carbocycles. The van der Waals surface area contributed by atoms with E-state index in [9.17, 15) is 23.2 Å². The van der Waals surface area contributed by atoms with Crippen molar-refractivity contribution in [3.63, 3.8) is 0 Å². The second kappa shape index (κ2) is 16.6. The van der Waals surface area contributed by atoms with Crippen LogP contribution in [0, 0.1) is 22.5 Å². The molecule has 13 heteroatoms. The summed E-state index contributed by atoms with van der Waals surface area (Å²) in [4.78, 5) is 49.3. The van der Waals surface area contributed by atoms with E-state index in [4.69, 9.17) is 14.5 Å². The Kier molecular flexibility index (Phi) is 10.5. The molecule has 2 saturated carbocycles. The standard InChI is InChI=1S/C29H25FN2O3S.C27H21FN2O2S/c1-28(14-23-19-8-4-3-7-18(19)22(28)15-29(23)34-12-13-35-29)26(33)32-27-31-25(16-36-27)21-10-11-24(30)20-9-5-2-6-17(20)21;1-27(13-20-15-6-2-4-8-17(15)21(27)12-24(20)31)25(32)30-26-29-23(14-33-26)19-10-11-22(28)18-9-5-3-7-16(18)19/h2-11,16,22-23H,12-15H2,1H3,(H,31,32,33);2-11,14,20-21H,12-13H2,1H3,(H,29,30,32). The van der Waals surface area contributed by atoms with Crippen LogP contribution in [0.3, 0.4) is 0 Å². The SMILES string of the molecule is CC1(C(=O)Nc2nc(-c3ccc(F)c4ccccc34)cs2)CC2C(=O)CC1c1ccccc12.CC1(C(=O)Nc2nc(-c3ccc(F)c4ccccc34)cs2)CC2c3ccccc3C1CC21OCCO1. The van der Waals surface area contributed by atoms with Crippen molar-refractivity contribution in [2.24, 2.45) is 10.8 Å². The van der Waals surface area contributed by atoms with Crippen LogP contribution in [0.25, 0.3) is 44.1 Å². The number of hydrogen-bond donors (Lipinski definition) is 2. The van der Waals surface area contributed by atoms with E-state index in [1.807, 2.05) is 84.4 Å². The average Bonchev–Trinajstić information content (AvgIpc) is 4.16. The molecule has 7 aliphatic rings. The van der Waals surface area contributed by atoms with E-state index in [2.05, 4.69) is 40.7 Å². The molecule has 0 radical (unpaired) electrons. The van der Waals surface area contributed by atoms with E-state index in [0.29, 0.717) is 65.6 Å². The Bertz CT molecular complexity index is 3400. The predicted octanol–water partition coefficient (Wildman–Crippen LogP) is 12.8. The molecule has 2 N–H and O–H groups in total. The number of nitrogens with zero attached hydrogens (tertiary/aromatic N) is 2. The Labute approximate surface area is 404 Å². The Balaban J connectivity index is 0.000000143. The van der Waals surface area contributed by atoms with Gasteiger partial charge in [0.25, 0.3) is 0 Å². The molecule has 3 heterocycles. The maximum absolute atomic E-state index is 14.3. The summed E-state index contributed by atoms with van der Waals surface area (Å²) >= 11 is 2.74. The zero-order valence-electron chi connectivity index (χ0n) is 37.8. The third-order valence-electron chi connectivity index (χ3n) is 15.7. The van der Waals surface area contributed by atoms with E-state index >= 15 is 0 Å². The summed E-state index contributed by atoms with van der Waals surface area (Å²) in [5.74, 6) is -1.44. The van der Waals surface area contributed by atoms with Crippen LogP contribution in [-0.2, 0) is 23.9 Å². The number of ketones is 1. The number of carbonyl (C=O) groups is 3. The zero-order chi connectivity index (χ0) is 47.2. The first-order valence-corrected chi connectivity index (χ1v) is 25.1. The van der Waals surface area contributed by atoms with Gasteiger partial charge in [0.1, 0.15) is 17.4 Å². The first-order valence-electron chi connectivity index (χ1n) is 23.3. The molecule has 6 atom stereocenters. The van der Waals surface area contributed by atoms with Gasteiger partial charge < -0.3 is 20.1 Å². The molecule has 9 nitrogen and oxygen atoms in total. The van der Waals surface area contributed by atoms with E-state index < -0.39 is 16.6 Å². The first kappa shape index (κ1) is 43.7. The molecule has 1 saturated heterocycles. The molecular weight excluding hydrogens is 911 g/mol.